The largest absolute Gasteiger partial charge is 0.497 e. The molecule has 1 amide bonds. The summed E-state index contributed by atoms with van der Waals surface area (Å²) in [6.07, 6.45) is 0. The predicted molar refractivity (Wildman–Crippen MR) is 119 cm³/mol. The number of rotatable bonds is 7. The van der Waals surface area contributed by atoms with E-state index in [1.54, 1.807) is 7.11 Å². The lowest BCUT2D eigenvalue weighted by Crippen LogP contribution is -2.30. The molecule has 7 heteroatoms. The average molecular weight is 426 g/mol. The van der Waals surface area contributed by atoms with Gasteiger partial charge in [-0.25, -0.2) is 0 Å². The highest BCUT2D eigenvalue weighted by Gasteiger charge is 2.19. The maximum atomic E-state index is 12.4. The number of carbonyl (C=O) groups is 1. The lowest BCUT2D eigenvalue weighted by atomic mass is 9.87. The van der Waals surface area contributed by atoms with Crippen LogP contribution in [0.4, 0.5) is 0 Å². The Morgan fingerprint density at radius 3 is 2.37 bits per heavy atom. The first-order valence-corrected chi connectivity index (χ1v) is 10.7. The van der Waals surface area contributed by atoms with E-state index in [0.29, 0.717) is 17.7 Å². The quantitative estimate of drug-likeness (QED) is 0.546. The summed E-state index contributed by atoms with van der Waals surface area (Å²) < 4.78 is 10.9. The van der Waals surface area contributed by atoms with E-state index >= 15 is 0 Å². The fraction of sp³-hybridized carbons (Fsp3) is 0.348. The van der Waals surface area contributed by atoms with E-state index in [4.69, 9.17) is 9.15 Å². The van der Waals surface area contributed by atoms with Crippen LogP contribution in [0.25, 0.3) is 11.5 Å². The van der Waals surface area contributed by atoms with E-state index in [1.165, 1.54) is 17.3 Å². The summed E-state index contributed by atoms with van der Waals surface area (Å²) in [5, 5.41) is 11.1. The number of methoxy groups -OCH3 is 1. The number of thioether (sulfide) groups is 1. The number of benzene rings is 2. The van der Waals surface area contributed by atoms with Gasteiger partial charge in [0.25, 0.3) is 5.22 Å². The fourth-order valence-electron chi connectivity index (χ4n) is 2.77. The SMILES string of the molecule is COc1ccc(CNC(=O)[C@H](C)Sc2nnc(-c3ccc(C(C)(C)C)cc3)o2)cc1. The molecule has 3 aromatic rings. The molecule has 0 saturated carbocycles. The van der Waals surface area contributed by atoms with E-state index in [-0.39, 0.29) is 16.6 Å². The first kappa shape index (κ1) is 21.9. The van der Waals surface area contributed by atoms with Crippen molar-refractivity contribution in [2.75, 3.05) is 7.11 Å². The van der Waals surface area contributed by atoms with Crippen molar-refractivity contribution in [1.82, 2.24) is 15.5 Å². The summed E-state index contributed by atoms with van der Waals surface area (Å²) in [6, 6.07) is 15.7. The molecular formula is C23H27N3O3S. The number of nitrogens with one attached hydrogen (secondary N) is 1. The van der Waals surface area contributed by atoms with E-state index in [0.717, 1.165) is 16.9 Å². The van der Waals surface area contributed by atoms with Gasteiger partial charge < -0.3 is 14.5 Å². The molecule has 0 saturated heterocycles. The zero-order valence-electron chi connectivity index (χ0n) is 17.9. The highest BCUT2D eigenvalue weighted by Crippen LogP contribution is 2.28. The summed E-state index contributed by atoms with van der Waals surface area (Å²) >= 11 is 1.24. The third kappa shape index (κ3) is 5.63. The van der Waals surface area contributed by atoms with Crippen molar-refractivity contribution in [2.24, 2.45) is 0 Å². The Kier molecular flexibility index (Phi) is 6.82. The van der Waals surface area contributed by atoms with Gasteiger partial charge in [0.1, 0.15) is 5.75 Å². The second-order valence-electron chi connectivity index (χ2n) is 8.03. The van der Waals surface area contributed by atoms with Crippen LogP contribution in [0.5, 0.6) is 5.75 Å². The van der Waals surface area contributed by atoms with Gasteiger partial charge in [-0.1, -0.05) is 56.8 Å². The standard InChI is InChI=1S/C23H27N3O3S/c1-15(20(27)24-14-16-6-12-19(28-5)13-7-16)30-22-26-25-21(29-22)17-8-10-18(11-9-17)23(2,3)4/h6-13,15H,14H2,1-5H3,(H,24,27)/t15-/m0/s1. The molecule has 6 nitrogen and oxygen atoms in total. The Hall–Kier alpha value is -2.80. The van der Waals surface area contributed by atoms with Crippen molar-refractivity contribution in [3.05, 3.63) is 59.7 Å². The summed E-state index contributed by atoms with van der Waals surface area (Å²) in [4.78, 5) is 12.4. The van der Waals surface area contributed by atoms with Crippen LogP contribution in [0, 0.1) is 0 Å². The minimum Gasteiger partial charge on any atom is -0.497 e. The maximum absolute atomic E-state index is 12.4. The number of carbonyl (C=O) groups excluding carboxylic acids is 1. The van der Waals surface area contributed by atoms with Crippen molar-refractivity contribution in [3.8, 4) is 17.2 Å². The van der Waals surface area contributed by atoms with E-state index in [9.17, 15) is 4.79 Å². The van der Waals surface area contributed by atoms with Crippen molar-refractivity contribution in [2.45, 2.75) is 50.1 Å². The highest BCUT2D eigenvalue weighted by molar-refractivity contribution is 8.00. The van der Waals surface area contributed by atoms with Crippen molar-refractivity contribution >= 4 is 17.7 Å². The third-order valence-corrected chi connectivity index (χ3v) is 5.61. The monoisotopic (exact) mass is 425 g/mol. The summed E-state index contributed by atoms with van der Waals surface area (Å²) in [5.74, 6) is 1.14. The molecule has 3 rings (SSSR count). The Morgan fingerprint density at radius 2 is 1.77 bits per heavy atom. The van der Waals surface area contributed by atoms with Crippen LogP contribution >= 0.6 is 11.8 Å². The third-order valence-electron chi connectivity index (χ3n) is 4.68. The van der Waals surface area contributed by atoms with Gasteiger partial charge in [-0.2, -0.15) is 0 Å². The Morgan fingerprint density at radius 1 is 1.10 bits per heavy atom. The van der Waals surface area contributed by atoms with Gasteiger partial charge in [0.05, 0.1) is 12.4 Å². The van der Waals surface area contributed by atoms with Crippen molar-refractivity contribution in [1.29, 1.82) is 0 Å². The average Bonchev–Trinajstić information content (AvgIpc) is 3.20. The number of nitrogens with zero attached hydrogens (tertiary/aromatic N) is 2. The molecular weight excluding hydrogens is 398 g/mol. The number of hydrogen-bond donors (Lipinski definition) is 1. The molecule has 1 heterocycles. The van der Waals surface area contributed by atoms with Gasteiger partial charge >= 0.3 is 0 Å². The zero-order valence-corrected chi connectivity index (χ0v) is 18.7. The minimum atomic E-state index is -0.361. The first-order valence-electron chi connectivity index (χ1n) is 9.78. The second-order valence-corrected chi connectivity index (χ2v) is 9.32. The first-order chi connectivity index (χ1) is 14.3. The Labute approximate surface area is 181 Å². The Bertz CT molecular complexity index is 976. The van der Waals surface area contributed by atoms with Crippen LogP contribution in [-0.4, -0.2) is 28.5 Å². The van der Waals surface area contributed by atoms with Crippen molar-refractivity contribution < 1.29 is 13.9 Å². The summed E-state index contributed by atoms with van der Waals surface area (Å²) in [5.41, 5.74) is 3.19. The van der Waals surface area contributed by atoms with Gasteiger partial charge in [-0.3, -0.25) is 4.79 Å². The van der Waals surface area contributed by atoms with Crippen LogP contribution in [0.2, 0.25) is 0 Å². The lowest BCUT2D eigenvalue weighted by molar-refractivity contribution is -0.120. The molecule has 0 aliphatic heterocycles. The van der Waals surface area contributed by atoms with Crippen molar-refractivity contribution in [3.63, 3.8) is 0 Å². The van der Waals surface area contributed by atoms with Gasteiger partial charge in [0.2, 0.25) is 11.8 Å². The highest BCUT2D eigenvalue weighted by atomic mass is 32.2. The normalized spacial score (nSPS) is 12.4. The topological polar surface area (TPSA) is 77.2 Å². The summed E-state index contributed by atoms with van der Waals surface area (Å²) in [7, 11) is 1.62. The zero-order chi connectivity index (χ0) is 21.7. The molecule has 1 N–H and O–H groups in total. The van der Waals surface area contributed by atoms with E-state index < -0.39 is 0 Å². The van der Waals surface area contributed by atoms with Crippen LogP contribution in [0.15, 0.2) is 58.2 Å². The van der Waals surface area contributed by atoms with Crippen LogP contribution in [0.1, 0.15) is 38.8 Å². The number of aromatic nitrogens is 2. The Balaban J connectivity index is 1.55. The lowest BCUT2D eigenvalue weighted by Gasteiger charge is -2.18. The molecule has 158 valence electrons. The molecule has 0 aliphatic carbocycles. The fourth-order valence-corrected chi connectivity index (χ4v) is 3.48. The minimum absolute atomic E-state index is 0.0863. The van der Waals surface area contributed by atoms with E-state index in [1.807, 2.05) is 43.3 Å². The molecule has 0 aliphatic rings. The molecule has 1 aromatic heterocycles. The molecule has 0 unspecified atom stereocenters. The molecule has 0 fully saturated rings. The van der Waals surface area contributed by atoms with Crippen LogP contribution in [-0.2, 0) is 16.8 Å². The van der Waals surface area contributed by atoms with Crippen LogP contribution in [0.3, 0.4) is 0 Å². The molecule has 30 heavy (non-hydrogen) atoms. The maximum Gasteiger partial charge on any atom is 0.277 e. The molecule has 0 bridgehead atoms. The number of hydrogen-bond acceptors (Lipinski definition) is 6. The van der Waals surface area contributed by atoms with E-state index in [2.05, 4.69) is 48.4 Å². The smallest absolute Gasteiger partial charge is 0.277 e. The molecule has 0 radical (unpaired) electrons. The van der Waals surface area contributed by atoms with Crippen LogP contribution < -0.4 is 10.1 Å². The second kappa shape index (κ2) is 9.34. The number of amides is 1. The molecule has 1 atom stereocenters. The predicted octanol–water partition coefficient (Wildman–Crippen LogP) is 4.84. The molecule has 0 spiro atoms. The summed E-state index contributed by atoms with van der Waals surface area (Å²) in [6.45, 7) is 8.78. The van der Waals surface area contributed by atoms with Gasteiger partial charge in [-0.15, -0.1) is 10.2 Å². The number of ether oxygens (including phenoxy) is 1. The molecule has 2 aromatic carbocycles. The van der Waals surface area contributed by atoms with Gasteiger partial charge in [0, 0.05) is 12.1 Å². The van der Waals surface area contributed by atoms with Gasteiger partial charge in [0.15, 0.2) is 0 Å². The van der Waals surface area contributed by atoms with Gasteiger partial charge in [-0.05, 0) is 47.7 Å².